The molecule has 0 aromatic heterocycles. The highest BCUT2D eigenvalue weighted by Crippen LogP contribution is 2.55. The van der Waals surface area contributed by atoms with E-state index in [9.17, 15) is 9.59 Å². The average molecular weight is 533 g/mol. The van der Waals surface area contributed by atoms with E-state index in [0.717, 1.165) is 36.8 Å². The van der Waals surface area contributed by atoms with Gasteiger partial charge in [-0.1, -0.05) is 34.9 Å². The van der Waals surface area contributed by atoms with Gasteiger partial charge >= 0.3 is 0 Å². The van der Waals surface area contributed by atoms with Gasteiger partial charge in [0.25, 0.3) is 11.7 Å². The lowest BCUT2D eigenvalue weighted by atomic mass is 9.81. The molecule has 1 atom stereocenters. The number of fused-ring (bicyclic) bond motifs is 2. The summed E-state index contributed by atoms with van der Waals surface area (Å²) in [7, 11) is 4.24. The van der Waals surface area contributed by atoms with Crippen LogP contribution in [-0.4, -0.2) is 60.5 Å². The molecule has 0 saturated heterocycles. The van der Waals surface area contributed by atoms with Gasteiger partial charge in [-0.05, 0) is 71.2 Å². The van der Waals surface area contributed by atoms with Gasteiger partial charge in [-0.3, -0.25) is 9.59 Å². The van der Waals surface area contributed by atoms with Gasteiger partial charge in [0.15, 0.2) is 17.3 Å². The zero-order valence-electron chi connectivity index (χ0n) is 21.7. The first kappa shape index (κ1) is 25.6. The normalized spacial score (nSPS) is 28.1. The number of ether oxygens (including phenoxy) is 2. The van der Waals surface area contributed by atoms with Crippen molar-refractivity contribution >= 4 is 34.9 Å². The third-order valence-electron chi connectivity index (χ3n) is 8.37. The Morgan fingerprint density at radius 1 is 1.06 bits per heavy atom. The Kier molecular flexibility index (Phi) is 6.67. The lowest BCUT2D eigenvalue weighted by Crippen LogP contribution is -2.46. The molecular formula is C28H34Cl2N2O4. The fourth-order valence-electron chi connectivity index (χ4n) is 6.19. The maximum Gasteiger partial charge on any atom is 0.256 e. The number of rotatable bonds is 4. The second-order valence-electron chi connectivity index (χ2n) is 11.1. The van der Waals surface area contributed by atoms with Crippen LogP contribution in [0, 0.1) is 5.92 Å². The Balaban J connectivity index is 1.41. The van der Waals surface area contributed by atoms with Crippen molar-refractivity contribution < 1.29 is 19.1 Å². The van der Waals surface area contributed by atoms with Gasteiger partial charge < -0.3 is 19.3 Å². The van der Waals surface area contributed by atoms with Crippen LogP contribution in [0.1, 0.15) is 68.8 Å². The lowest BCUT2D eigenvalue weighted by molar-refractivity contribution is -0.123. The molecule has 1 saturated carbocycles. The minimum atomic E-state index is -0.875. The molecule has 36 heavy (non-hydrogen) atoms. The van der Waals surface area contributed by atoms with Crippen molar-refractivity contribution in [1.82, 2.24) is 9.80 Å². The number of allylic oxidation sites excluding steroid dienone is 3. The van der Waals surface area contributed by atoms with E-state index in [0.29, 0.717) is 58.6 Å². The first-order valence-corrected chi connectivity index (χ1v) is 13.5. The molecule has 0 spiro atoms. The van der Waals surface area contributed by atoms with Crippen molar-refractivity contribution in [2.45, 2.75) is 71.1 Å². The maximum atomic E-state index is 13.6. The largest absolute Gasteiger partial charge is 0.447 e. The van der Waals surface area contributed by atoms with Gasteiger partial charge in [-0.2, -0.15) is 0 Å². The lowest BCUT2D eigenvalue weighted by Gasteiger charge is -2.39. The third-order valence-corrected chi connectivity index (χ3v) is 9.13. The molecule has 6 nitrogen and oxygen atoms in total. The zero-order valence-corrected chi connectivity index (χ0v) is 23.2. The topological polar surface area (TPSA) is 59.1 Å². The Bertz CT molecular complexity index is 1200. The van der Waals surface area contributed by atoms with Crippen LogP contribution < -0.4 is 9.47 Å². The van der Waals surface area contributed by atoms with Gasteiger partial charge in [-0.25, -0.2) is 0 Å². The van der Waals surface area contributed by atoms with Gasteiger partial charge in [0, 0.05) is 44.0 Å². The van der Waals surface area contributed by atoms with E-state index in [2.05, 4.69) is 19.0 Å². The Hall–Kier alpha value is -2.02. The van der Waals surface area contributed by atoms with E-state index >= 15 is 0 Å². The summed E-state index contributed by atoms with van der Waals surface area (Å²) in [6.07, 6.45) is 7.06. The second-order valence-corrected chi connectivity index (χ2v) is 11.8. The van der Waals surface area contributed by atoms with E-state index in [1.54, 1.807) is 4.90 Å². The number of carbonyl (C=O) groups excluding carboxylic acids is 2. The number of nitrogens with zero attached hydrogens (tertiary/aromatic N) is 2. The van der Waals surface area contributed by atoms with E-state index < -0.39 is 5.79 Å². The van der Waals surface area contributed by atoms with Crippen LogP contribution in [0.5, 0.6) is 11.5 Å². The minimum Gasteiger partial charge on any atom is -0.447 e. The average Bonchev–Trinajstić information content (AvgIpc) is 3.20. The van der Waals surface area contributed by atoms with Crippen molar-refractivity contribution in [1.29, 1.82) is 0 Å². The van der Waals surface area contributed by atoms with Crippen LogP contribution in [-0.2, 0) is 11.2 Å². The standard InChI is InChI=1S/C28H34Cl2N2O4/c1-15-12-16(2)20(21(33)13-15)14-32-11-10-19-22(27(32)34)24(30)26-25(23(19)29)35-28(3,36-26)17-6-8-18(9-7-17)31(4)5/h12,17-18H,6-11,13-14H2,1-5H3. The number of hydrogen-bond donors (Lipinski definition) is 0. The predicted octanol–water partition coefficient (Wildman–Crippen LogP) is 5.84. The molecule has 0 N–H and O–H groups in total. The fraction of sp³-hybridized carbons (Fsp3) is 0.571. The summed E-state index contributed by atoms with van der Waals surface area (Å²) in [5, 5.41) is 0.659. The summed E-state index contributed by atoms with van der Waals surface area (Å²) in [6.45, 7) is 6.55. The third kappa shape index (κ3) is 4.25. The molecule has 8 heteroatoms. The van der Waals surface area contributed by atoms with Crippen LogP contribution in [0.15, 0.2) is 22.8 Å². The number of Topliss-reactive ketones (excluding diaryl/α,β-unsaturated/α-hetero) is 1. The second kappa shape index (κ2) is 9.38. The smallest absolute Gasteiger partial charge is 0.256 e. The molecule has 4 aliphatic rings. The number of amides is 1. The monoisotopic (exact) mass is 532 g/mol. The van der Waals surface area contributed by atoms with Crippen LogP contribution in [0.3, 0.4) is 0 Å². The van der Waals surface area contributed by atoms with Crippen LogP contribution in [0.4, 0.5) is 0 Å². The Labute approximate surface area is 223 Å². The quantitative estimate of drug-likeness (QED) is 0.487. The molecule has 5 rings (SSSR count). The molecule has 194 valence electrons. The van der Waals surface area contributed by atoms with Crippen molar-refractivity contribution in [3.63, 3.8) is 0 Å². The van der Waals surface area contributed by atoms with Crippen molar-refractivity contribution in [3.8, 4) is 11.5 Å². The molecule has 1 amide bonds. The highest BCUT2D eigenvalue weighted by atomic mass is 35.5. The van der Waals surface area contributed by atoms with Crippen molar-refractivity contribution in [3.05, 3.63) is 44.0 Å². The molecule has 2 heterocycles. The molecule has 2 aliphatic carbocycles. The van der Waals surface area contributed by atoms with Gasteiger partial charge in [-0.15, -0.1) is 0 Å². The molecule has 1 aromatic carbocycles. The molecule has 1 fully saturated rings. The molecule has 0 bridgehead atoms. The number of halogens is 2. The highest BCUT2D eigenvalue weighted by molar-refractivity contribution is 6.39. The number of benzene rings is 1. The van der Waals surface area contributed by atoms with E-state index in [4.69, 9.17) is 32.7 Å². The maximum absolute atomic E-state index is 13.6. The molecule has 1 aromatic rings. The van der Waals surface area contributed by atoms with Crippen molar-refractivity contribution in [2.75, 3.05) is 27.2 Å². The Morgan fingerprint density at radius 2 is 1.69 bits per heavy atom. The molecule has 1 unspecified atom stereocenters. The SMILES string of the molecule is CC1=CC(C)=C(CN2CCc3c(Cl)c4c(c(Cl)c3C2=O)OC(C)(C2CCC(N(C)C)CC2)O4)C(=O)C1. The molecule has 2 aliphatic heterocycles. The molecular weight excluding hydrogens is 499 g/mol. The number of ketones is 1. The minimum absolute atomic E-state index is 0.0701. The summed E-state index contributed by atoms with van der Waals surface area (Å²) in [4.78, 5) is 30.3. The van der Waals surface area contributed by atoms with Gasteiger partial charge in [0.05, 0.1) is 15.6 Å². The summed E-state index contributed by atoms with van der Waals surface area (Å²) in [5.74, 6) is -0.0350. The van der Waals surface area contributed by atoms with Gasteiger partial charge in [0.1, 0.15) is 0 Å². The van der Waals surface area contributed by atoms with E-state index in [1.165, 1.54) is 0 Å². The number of carbonyl (C=O) groups is 2. The summed E-state index contributed by atoms with van der Waals surface area (Å²) in [6, 6.07) is 0.561. The first-order chi connectivity index (χ1) is 17.0. The summed E-state index contributed by atoms with van der Waals surface area (Å²) >= 11 is 13.7. The van der Waals surface area contributed by atoms with Crippen LogP contribution >= 0.6 is 23.2 Å². The highest BCUT2D eigenvalue weighted by Gasteiger charge is 2.49. The predicted molar refractivity (Wildman–Crippen MR) is 141 cm³/mol. The zero-order chi connectivity index (χ0) is 25.9. The number of hydrogen-bond acceptors (Lipinski definition) is 5. The first-order valence-electron chi connectivity index (χ1n) is 12.8. The van der Waals surface area contributed by atoms with Crippen LogP contribution in [0.25, 0.3) is 0 Å². The van der Waals surface area contributed by atoms with Crippen LogP contribution in [0.2, 0.25) is 10.0 Å². The molecule has 0 radical (unpaired) electrons. The fourth-order valence-corrected chi connectivity index (χ4v) is 6.82. The van der Waals surface area contributed by atoms with E-state index in [1.807, 2.05) is 26.8 Å². The Morgan fingerprint density at radius 3 is 2.31 bits per heavy atom. The van der Waals surface area contributed by atoms with Crippen molar-refractivity contribution in [2.24, 2.45) is 5.92 Å². The van der Waals surface area contributed by atoms with Gasteiger partial charge in [0.2, 0.25) is 0 Å². The summed E-state index contributed by atoms with van der Waals surface area (Å²) in [5.41, 5.74) is 3.70. The summed E-state index contributed by atoms with van der Waals surface area (Å²) < 4.78 is 12.8. The van der Waals surface area contributed by atoms with E-state index in [-0.39, 0.29) is 29.2 Å².